The number of amides is 2. The van der Waals surface area contributed by atoms with Gasteiger partial charge in [-0.1, -0.05) is 18.2 Å². The van der Waals surface area contributed by atoms with Gasteiger partial charge in [-0.25, -0.2) is 0 Å². The van der Waals surface area contributed by atoms with Gasteiger partial charge in [0.15, 0.2) is 0 Å². The van der Waals surface area contributed by atoms with Crippen molar-refractivity contribution in [3.63, 3.8) is 0 Å². The van der Waals surface area contributed by atoms with Crippen molar-refractivity contribution in [2.24, 2.45) is 5.92 Å². The number of para-hydroxylation sites is 1. The Morgan fingerprint density at radius 3 is 2.88 bits per heavy atom. The number of carboxylic acids is 1. The number of carboxylic acid groups (broad SMARTS) is 1. The van der Waals surface area contributed by atoms with E-state index in [1.807, 2.05) is 24.3 Å². The van der Waals surface area contributed by atoms with Gasteiger partial charge in [0.2, 0.25) is 11.8 Å². The van der Waals surface area contributed by atoms with Gasteiger partial charge in [-0.2, -0.15) is 0 Å². The molecule has 2 amide bonds. The molecule has 2 atom stereocenters. The summed E-state index contributed by atoms with van der Waals surface area (Å²) in [6.07, 6.45) is 1.55. The second-order valence-corrected chi connectivity index (χ2v) is 6.79. The van der Waals surface area contributed by atoms with Crippen LogP contribution < -0.4 is 10.6 Å². The largest absolute Gasteiger partial charge is 0.481 e. The predicted octanol–water partition coefficient (Wildman–Crippen LogP) is 1.33. The quantitative estimate of drug-likeness (QED) is 0.721. The summed E-state index contributed by atoms with van der Waals surface area (Å²) in [6.45, 7) is 0.651. The normalized spacial score (nSPS) is 25.1. The third kappa shape index (κ3) is 4.17. The van der Waals surface area contributed by atoms with Gasteiger partial charge >= 0.3 is 5.97 Å². The number of nitrogens with one attached hydrogen (secondary N) is 2. The Hall–Kier alpha value is -2.41. The average Bonchev–Trinajstić information content (AvgIpc) is 3.00. The van der Waals surface area contributed by atoms with Crippen molar-refractivity contribution < 1.29 is 24.2 Å². The molecule has 0 aromatic heterocycles. The minimum Gasteiger partial charge on any atom is -0.481 e. The smallest absolute Gasteiger partial charge is 0.305 e. The summed E-state index contributed by atoms with van der Waals surface area (Å²) in [5.74, 6) is -1.53. The van der Waals surface area contributed by atoms with E-state index in [4.69, 9.17) is 9.84 Å². The van der Waals surface area contributed by atoms with E-state index < -0.39 is 11.5 Å². The summed E-state index contributed by atoms with van der Waals surface area (Å²) >= 11 is 0. The maximum absolute atomic E-state index is 12.3. The first-order valence-corrected chi connectivity index (χ1v) is 8.47. The topological polar surface area (TPSA) is 105 Å². The van der Waals surface area contributed by atoms with Crippen LogP contribution in [-0.2, 0) is 25.5 Å². The highest BCUT2D eigenvalue weighted by Crippen LogP contribution is 2.28. The molecule has 7 nitrogen and oxygen atoms in total. The van der Waals surface area contributed by atoms with Gasteiger partial charge in [0.1, 0.15) is 0 Å². The van der Waals surface area contributed by atoms with Gasteiger partial charge in [-0.05, 0) is 30.9 Å². The number of ether oxygens (including phenoxy) is 1. The molecular formula is C18H22N2O5. The van der Waals surface area contributed by atoms with Crippen LogP contribution in [0.5, 0.6) is 0 Å². The Balaban J connectivity index is 1.55. The maximum Gasteiger partial charge on any atom is 0.305 e. The van der Waals surface area contributed by atoms with Gasteiger partial charge in [0, 0.05) is 24.6 Å². The summed E-state index contributed by atoms with van der Waals surface area (Å²) in [5.41, 5.74) is 1.07. The van der Waals surface area contributed by atoms with Crippen LogP contribution in [-0.4, -0.2) is 41.6 Å². The zero-order valence-electron chi connectivity index (χ0n) is 13.9. The molecule has 0 bridgehead atoms. The molecule has 0 aliphatic carbocycles. The summed E-state index contributed by atoms with van der Waals surface area (Å²) in [6, 6.07) is 7.64. The number of fused-ring (bicyclic) bond motifs is 1. The fourth-order valence-electron chi connectivity index (χ4n) is 3.49. The number of carbonyl (C=O) groups excluding carboxylic acids is 2. The van der Waals surface area contributed by atoms with Crippen molar-refractivity contribution in [2.75, 3.05) is 18.5 Å². The molecule has 1 aromatic carbocycles. The van der Waals surface area contributed by atoms with Gasteiger partial charge in [-0.15, -0.1) is 0 Å². The van der Waals surface area contributed by atoms with E-state index in [9.17, 15) is 14.4 Å². The van der Waals surface area contributed by atoms with Crippen molar-refractivity contribution in [3.8, 4) is 0 Å². The van der Waals surface area contributed by atoms with Crippen molar-refractivity contribution in [3.05, 3.63) is 29.8 Å². The van der Waals surface area contributed by atoms with Crippen molar-refractivity contribution >= 4 is 23.5 Å². The average molecular weight is 346 g/mol. The summed E-state index contributed by atoms with van der Waals surface area (Å²) in [4.78, 5) is 35.5. The third-order valence-corrected chi connectivity index (χ3v) is 4.83. The Labute approximate surface area is 145 Å². The molecule has 3 N–H and O–H groups in total. The van der Waals surface area contributed by atoms with E-state index >= 15 is 0 Å². The van der Waals surface area contributed by atoms with Crippen LogP contribution >= 0.6 is 0 Å². The molecule has 1 fully saturated rings. The van der Waals surface area contributed by atoms with E-state index in [-0.39, 0.29) is 37.2 Å². The number of hydrogen-bond donors (Lipinski definition) is 3. The van der Waals surface area contributed by atoms with Crippen LogP contribution in [0.3, 0.4) is 0 Å². The number of hydrogen-bond acceptors (Lipinski definition) is 4. The third-order valence-electron chi connectivity index (χ3n) is 4.83. The second kappa shape index (κ2) is 7.23. The van der Waals surface area contributed by atoms with Crippen molar-refractivity contribution in [2.45, 2.75) is 37.6 Å². The monoisotopic (exact) mass is 346 g/mol. The van der Waals surface area contributed by atoms with Crippen LogP contribution in [0.25, 0.3) is 0 Å². The number of benzene rings is 1. The molecule has 0 saturated carbocycles. The van der Waals surface area contributed by atoms with Crippen molar-refractivity contribution in [1.29, 1.82) is 0 Å². The van der Waals surface area contributed by atoms with E-state index in [0.717, 1.165) is 11.3 Å². The minimum absolute atomic E-state index is 0.0732. The van der Waals surface area contributed by atoms with Gasteiger partial charge < -0.3 is 20.5 Å². The molecule has 1 saturated heterocycles. The zero-order chi connectivity index (χ0) is 17.9. The first kappa shape index (κ1) is 17.4. The highest BCUT2D eigenvalue weighted by Gasteiger charge is 2.38. The lowest BCUT2D eigenvalue weighted by Gasteiger charge is -2.28. The molecule has 2 aliphatic rings. The van der Waals surface area contributed by atoms with Crippen molar-refractivity contribution in [1.82, 2.24) is 5.32 Å². The highest BCUT2D eigenvalue weighted by atomic mass is 16.5. The van der Waals surface area contributed by atoms with E-state index in [1.54, 1.807) is 0 Å². The molecule has 0 radical (unpaired) electrons. The Morgan fingerprint density at radius 2 is 2.16 bits per heavy atom. The van der Waals surface area contributed by atoms with Crippen LogP contribution in [0.2, 0.25) is 0 Å². The molecule has 25 heavy (non-hydrogen) atoms. The molecule has 2 unspecified atom stereocenters. The molecule has 7 heteroatoms. The first-order valence-electron chi connectivity index (χ1n) is 8.47. The molecule has 3 rings (SSSR count). The standard InChI is InChI=1S/C18H22N2O5/c21-15(20-18(10-16(22)23)7-8-25-11-18)6-5-13-9-12-3-1-2-4-14(12)19-17(13)24/h1-4,13H,5-11H2,(H,19,24)(H,20,21)(H,22,23). The number of carbonyl (C=O) groups is 3. The zero-order valence-corrected chi connectivity index (χ0v) is 13.9. The first-order chi connectivity index (χ1) is 12.0. The number of aliphatic carboxylic acids is 1. The Morgan fingerprint density at radius 1 is 1.36 bits per heavy atom. The molecular weight excluding hydrogens is 324 g/mol. The maximum atomic E-state index is 12.3. The highest BCUT2D eigenvalue weighted by molar-refractivity contribution is 5.96. The SMILES string of the molecule is O=C(O)CC1(NC(=O)CCC2Cc3ccccc3NC2=O)CCOC1. The molecule has 134 valence electrons. The molecule has 2 aliphatic heterocycles. The Kier molecular flexibility index (Phi) is 5.03. The van der Waals surface area contributed by atoms with Gasteiger partial charge in [0.05, 0.1) is 18.6 Å². The van der Waals surface area contributed by atoms with Crippen LogP contribution in [0.1, 0.15) is 31.2 Å². The van der Waals surface area contributed by atoms with Gasteiger partial charge in [-0.3, -0.25) is 14.4 Å². The fraction of sp³-hybridized carbons (Fsp3) is 0.500. The summed E-state index contributed by atoms with van der Waals surface area (Å²) in [5, 5.41) is 14.7. The van der Waals surface area contributed by atoms with Gasteiger partial charge in [0.25, 0.3) is 0 Å². The number of rotatable bonds is 6. The summed E-state index contributed by atoms with van der Waals surface area (Å²) in [7, 11) is 0. The molecule has 2 heterocycles. The lowest BCUT2D eigenvalue weighted by molar-refractivity contribution is -0.139. The molecule has 0 spiro atoms. The lowest BCUT2D eigenvalue weighted by atomic mass is 9.89. The van der Waals surface area contributed by atoms with Crippen LogP contribution in [0, 0.1) is 5.92 Å². The van der Waals surface area contributed by atoms with E-state index in [0.29, 0.717) is 25.9 Å². The number of anilines is 1. The van der Waals surface area contributed by atoms with E-state index in [1.165, 1.54) is 0 Å². The lowest BCUT2D eigenvalue weighted by Crippen LogP contribution is -2.50. The second-order valence-electron chi connectivity index (χ2n) is 6.79. The fourth-order valence-corrected chi connectivity index (χ4v) is 3.49. The molecule has 1 aromatic rings. The van der Waals surface area contributed by atoms with Crippen LogP contribution in [0.15, 0.2) is 24.3 Å². The predicted molar refractivity (Wildman–Crippen MR) is 90.1 cm³/mol. The van der Waals surface area contributed by atoms with Crippen LogP contribution in [0.4, 0.5) is 5.69 Å². The Bertz CT molecular complexity index is 682. The van der Waals surface area contributed by atoms with E-state index in [2.05, 4.69) is 10.6 Å². The summed E-state index contributed by atoms with van der Waals surface area (Å²) < 4.78 is 5.27. The minimum atomic E-state index is -0.964.